The van der Waals surface area contributed by atoms with Gasteiger partial charge in [0.25, 0.3) is 0 Å². The quantitative estimate of drug-likeness (QED) is 0.361. The van der Waals surface area contributed by atoms with Gasteiger partial charge in [0.15, 0.2) is 5.78 Å². The fourth-order valence-electron chi connectivity index (χ4n) is 1.93. The lowest BCUT2D eigenvalue weighted by molar-refractivity contribution is -0.108. The summed E-state index contributed by atoms with van der Waals surface area (Å²) in [5.74, 6) is -1.46. The van der Waals surface area contributed by atoms with Crippen molar-refractivity contribution >= 4 is 51.7 Å². The smallest absolute Gasteiger partial charge is 0.229 e. The van der Waals surface area contributed by atoms with Gasteiger partial charge in [0.2, 0.25) is 10.0 Å². The van der Waals surface area contributed by atoms with Crippen LogP contribution >= 0.6 is 24.0 Å². The lowest BCUT2D eigenvalue weighted by Gasteiger charge is -2.11. The van der Waals surface area contributed by atoms with E-state index in [0.717, 1.165) is 17.6 Å². The number of thiol groups is 1. The van der Waals surface area contributed by atoms with E-state index in [2.05, 4.69) is 17.4 Å². The van der Waals surface area contributed by atoms with Crippen LogP contribution in [0.5, 0.6) is 0 Å². The van der Waals surface area contributed by atoms with E-state index >= 15 is 0 Å². The highest BCUT2D eigenvalue weighted by Crippen LogP contribution is 2.36. The summed E-state index contributed by atoms with van der Waals surface area (Å²) in [7, 11) is -3.52. The molecule has 1 aromatic carbocycles. The van der Waals surface area contributed by atoms with Gasteiger partial charge in [-0.25, -0.2) is 8.42 Å². The number of nitrogens with one attached hydrogen (secondary N) is 1. The van der Waals surface area contributed by atoms with Gasteiger partial charge < -0.3 is 4.79 Å². The first-order valence-electron chi connectivity index (χ1n) is 6.17. The van der Waals surface area contributed by atoms with Gasteiger partial charge in [0.1, 0.15) is 12.2 Å². The average Bonchev–Trinajstić information content (AvgIpc) is 2.79. The van der Waals surface area contributed by atoms with Crippen LogP contribution in [0.3, 0.4) is 0 Å². The molecule has 0 spiro atoms. The van der Waals surface area contributed by atoms with Crippen LogP contribution in [0.15, 0.2) is 40.6 Å². The van der Waals surface area contributed by atoms with E-state index in [9.17, 15) is 18.0 Å². The number of rotatable bonds is 6. The summed E-state index contributed by atoms with van der Waals surface area (Å²) < 4.78 is 25.6. The minimum Gasteiger partial charge on any atom is -0.302 e. The van der Waals surface area contributed by atoms with E-state index in [-0.39, 0.29) is 11.5 Å². The van der Waals surface area contributed by atoms with Crippen molar-refractivity contribution in [2.24, 2.45) is 0 Å². The maximum Gasteiger partial charge on any atom is 0.229 e. The highest BCUT2D eigenvalue weighted by atomic mass is 32.2. The minimum absolute atomic E-state index is 0.207. The van der Waals surface area contributed by atoms with Crippen molar-refractivity contribution in [1.29, 1.82) is 0 Å². The molecule has 1 N–H and O–H groups in total. The molecule has 116 valence electrons. The van der Waals surface area contributed by atoms with E-state index in [1.54, 1.807) is 30.3 Å². The second kappa shape index (κ2) is 6.64. The Hall–Kier alpha value is -1.64. The number of Topliss-reactive ketones (excluding diaryl/α,β-unsaturated/α-hetero) is 1. The standard InChI is InChI=1S/C14H13NO4S3/c1-22(18,19)15-11-7-12(20)21-14(11)10(8-16)13(17)9-5-3-2-4-6-9/h2-8,10,15,20H,1H3. The van der Waals surface area contributed by atoms with Gasteiger partial charge >= 0.3 is 0 Å². The predicted molar refractivity (Wildman–Crippen MR) is 89.6 cm³/mol. The minimum atomic E-state index is -3.52. The van der Waals surface area contributed by atoms with Crippen LogP contribution < -0.4 is 4.72 Å². The maximum atomic E-state index is 12.5. The molecule has 0 aliphatic heterocycles. The Kier molecular flexibility index (Phi) is 5.05. The van der Waals surface area contributed by atoms with Crippen LogP contribution in [0.1, 0.15) is 21.2 Å². The second-order valence-corrected chi connectivity index (χ2v) is 8.20. The number of anilines is 1. The van der Waals surface area contributed by atoms with Gasteiger partial charge in [-0.15, -0.1) is 24.0 Å². The molecule has 8 heteroatoms. The molecule has 0 saturated carbocycles. The van der Waals surface area contributed by atoms with Crippen molar-refractivity contribution in [2.75, 3.05) is 11.0 Å². The highest BCUT2D eigenvalue weighted by molar-refractivity contribution is 7.92. The third-order valence-corrected chi connectivity index (χ3v) is 4.82. The molecule has 0 aliphatic rings. The van der Waals surface area contributed by atoms with E-state index in [4.69, 9.17) is 0 Å². The largest absolute Gasteiger partial charge is 0.302 e. The Labute approximate surface area is 137 Å². The Morgan fingerprint density at radius 1 is 1.32 bits per heavy atom. The number of carbonyl (C=O) groups excluding carboxylic acids is 2. The zero-order valence-corrected chi connectivity index (χ0v) is 14.0. The van der Waals surface area contributed by atoms with Crippen LogP contribution in [-0.4, -0.2) is 26.7 Å². The third-order valence-electron chi connectivity index (χ3n) is 2.80. The van der Waals surface area contributed by atoms with Crippen molar-refractivity contribution in [3.05, 3.63) is 46.8 Å². The molecule has 0 aliphatic carbocycles. The number of sulfonamides is 1. The summed E-state index contributed by atoms with van der Waals surface area (Å²) in [5, 5.41) is 0. The number of carbonyl (C=O) groups is 2. The number of ketones is 1. The van der Waals surface area contributed by atoms with Gasteiger partial charge in [-0.2, -0.15) is 0 Å². The second-order valence-electron chi connectivity index (χ2n) is 4.58. The van der Waals surface area contributed by atoms with Crippen molar-refractivity contribution in [1.82, 2.24) is 0 Å². The first kappa shape index (κ1) is 16.7. The molecule has 0 amide bonds. The lowest BCUT2D eigenvalue weighted by atomic mass is 9.97. The molecule has 0 bridgehead atoms. The Morgan fingerprint density at radius 2 is 1.95 bits per heavy atom. The van der Waals surface area contributed by atoms with Crippen molar-refractivity contribution in [2.45, 2.75) is 10.1 Å². The fraction of sp³-hybridized carbons (Fsp3) is 0.143. The maximum absolute atomic E-state index is 12.5. The summed E-state index contributed by atoms with van der Waals surface area (Å²) in [5.41, 5.74) is 0.595. The topological polar surface area (TPSA) is 80.3 Å². The molecular formula is C14H13NO4S3. The molecule has 0 fully saturated rings. The molecule has 5 nitrogen and oxygen atoms in total. The molecule has 1 atom stereocenters. The number of thiophene rings is 1. The normalized spacial score (nSPS) is 12.6. The summed E-state index contributed by atoms with van der Waals surface area (Å²) >= 11 is 5.27. The van der Waals surface area contributed by atoms with Crippen LogP contribution in [-0.2, 0) is 14.8 Å². The van der Waals surface area contributed by atoms with Crippen LogP contribution in [0.25, 0.3) is 0 Å². The number of aldehydes is 1. The molecule has 2 aromatic rings. The Balaban J connectivity index is 2.44. The highest BCUT2D eigenvalue weighted by Gasteiger charge is 2.27. The van der Waals surface area contributed by atoms with Gasteiger partial charge in [0.05, 0.1) is 16.2 Å². The van der Waals surface area contributed by atoms with E-state index < -0.39 is 15.9 Å². The van der Waals surface area contributed by atoms with Crippen LogP contribution in [0.4, 0.5) is 5.69 Å². The molecular weight excluding hydrogens is 342 g/mol. The molecule has 2 rings (SSSR count). The van der Waals surface area contributed by atoms with Crippen LogP contribution in [0, 0.1) is 0 Å². The summed E-state index contributed by atoms with van der Waals surface area (Å²) in [4.78, 5) is 24.2. The van der Waals surface area contributed by atoms with Gasteiger partial charge in [-0.1, -0.05) is 30.3 Å². The van der Waals surface area contributed by atoms with Gasteiger partial charge in [0, 0.05) is 10.4 Å². The summed E-state index contributed by atoms with van der Waals surface area (Å²) in [6.07, 6.45) is 1.52. The van der Waals surface area contributed by atoms with Crippen molar-refractivity contribution < 1.29 is 18.0 Å². The van der Waals surface area contributed by atoms with Crippen LogP contribution in [0.2, 0.25) is 0 Å². The Bertz CT molecular complexity index is 797. The fourth-order valence-corrected chi connectivity index (χ4v) is 3.90. The van der Waals surface area contributed by atoms with E-state index in [0.29, 0.717) is 20.9 Å². The SMILES string of the molecule is CS(=O)(=O)Nc1cc(S)sc1C(C=O)C(=O)c1ccccc1. The van der Waals surface area contributed by atoms with Gasteiger partial charge in [-0.3, -0.25) is 9.52 Å². The first-order chi connectivity index (χ1) is 10.3. The lowest BCUT2D eigenvalue weighted by Crippen LogP contribution is -2.16. The van der Waals surface area contributed by atoms with E-state index in [1.807, 2.05) is 0 Å². The molecule has 1 heterocycles. The third kappa shape index (κ3) is 3.96. The summed E-state index contributed by atoms with van der Waals surface area (Å²) in [6.45, 7) is 0. The number of hydrogen-bond acceptors (Lipinski definition) is 6. The molecule has 22 heavy (non-hydrogen) atoms. The molecule has 1 unspecified atom stereocenters. The monoisotopic (exact) mass is 355 g/mol. The zero-order valence-electron chi connectivity index (χ0n) is 11.5. The zero-order chi connectivity index (χ0) is 16.3. The number of benzene rings is 1. The van der Waals surface area contributed by atoms with E-state index in [1.165, 1.54) is 6.07 Å². The molecule has 1 aromatic heterocycles. The summed E-state index contributed by atoms with van der Waals surface area (Å²) in [6, 6.07) is 9.86. The predicted octanol–water partition coefficient (Wildman–Crippen LogP) is 2.57. The Morgan fingerprint density at radius 3 is 2.50 bits per heavy atom. The van der Waals surface area contributed by atoms with Crippen molar-refractivity contribution in [3.63, 3.8) is 0 Å². The average molecular weight is 355 g/mol. The number of hydrogen-bond donors (Lipinski definition) is 2. The first-order valence-corrected chi connectivity index (χ1v) is 9.32. The molecule has 0 radical (unpaired) electrons. The molecule has 0 saturated heterocycles. The van der Waals surface area contributed by atoms with Gasteiger partial charge in [-0.05, 0) is 6.07 Å². The van der Waals surface area contributed by atoms with Crippen molar-refractivity contribution in [3.8, 4) is 0 Å².